The third-order valence-corrected chi connectivity index (χ3v) is 4.95. The first-order chi connectivity index (χ1) is 14.2. The fourth-order valence-corrected chi connectivity index (χ4v) is 3.41. The molecule has 4 rings (SSSR count). The Morgan fingerprint density at radius 3 is 2.66 bits per heavy atom. The van der Waals surface area contributed by atoms with Crippen molar-refractivity contribution in [1.82, 2.24) is 15.5 Å². The van der Waals surface area contributed by atoms with Crippen molar-refractivity contribution in [2.75, 3.05) is 13.7 Å². The highest BCUT2D eigenvalue weighted by molar-refractivity contribution is 5.78. The number of hydrogen-bond acceptors (Lipinski definition) is 6. The Morgan fingerprint density at radius 1 is 1.10 bits per heavy atom. The number of amides is 1. The van der Waals surface area contributed by atoms with E-state index in [0.29, 0.717) is 17.5 Å². The number of ether oxygens (including phenoxy) is 2. The summed E-state index contributed by atoms with van der Waals surface area (Å²) in [6.07, 6.45) is 4.46. The van der Waals surface area contributed by atoms with Crippen LogP contribution in [0.1, 0.15) is 25.7 Å². The maximum absolute atomic E-state index is 12.0. The molecule has 2 aromatic carbocycles. The first-order valence-corrected chi connectivity index (χ1v) is 9.72. The van der Waals surface area contributed by atoms with Crippen molar-refractivity contribution in [3.05, 3.63) is 48.5 Å². The summed E-state index contributed by atoms with van der Waals surface area (Å²) in [5.74, 6) is 2.12. The molecule has 1 heterocycles. The van der Waals surface area contributed by atoms with E-state index in [-0.39, 0.29) is 18.6 Å². The van der Waals surface area contributed by atoms with Gasteiger partial charge in [-0.25, -0.2) is 0 Å². The van der Waals surface area contributed by atoms with E-state index in [1.54, 1.807) is 19.2 Å². The van der Waals surface area contributed by atoms with Gasteiger partial charge in [-0.1, -0.05) is 24.1 Å². The Kier molecular flexibility index (Phi) is 5.74. The fourth-order valence-electron chi connectivity index (χ4n) is 3.41. The van der Waals surface area contributed by atoms with Crippen LogP contribution in [0.2, 0.25) is 0 Å². The zero-order chi connectivity index (χ0) is 20.1. The van der Waals surface area contributed by atoms with Crippen LogP contribution in [0.25, 0.3) is 22.8 Å². The number of carbonyl (C=O) groups excluding carboxylic acids is 1. The molecule has 7 nitrogen and oxygen atoms in total. The Hall–Kier alpha value is -3.35. The Labute approximate surface area is 169 Å². The van der Waals surface area contributed by atoms with Crippen LogP contribution in [-0.4, -0.2) is 35.8 Å². The molecule has 1 amide bonds. The van der Waals surface area contributed by atoms with E-state index < -0.39 is 0 Å². The molecule has 7 heteroatoms. The highest BCUT2D eigenvalue weighted by Gasteiger charge is 2.17. The van der Waals surface area contributed by atoms with Crippen molar-refractivity contribution in [1.29, 1.82) is 0 Å². The second kappa shape index (κ2) is 8.77. The zero-order valence-electron chi connectivity index (χ0n) is 16.3. The minimum Gasteiger partial charge on any atom is -0.497 e. The Balaban J connectivity index is 1.40. The number of rotatable bonds is 7. The first-order valence-electron chi connectivity index (χ1n) is 9.72. The second-order valence-corrected chi connectivity index (χ2v) is 7.02. The van der Waals surface area contributed by atoms with Gasteiger partial charge in [0.1, 0.15) is 11.5 Å². The molecule has 29 heavy (non-hydrogen) atoms. The van der Waals surface area contributed by atoms with Crippen LogP contribution in [0, 0.1) is 0 Å². The molecule has 0 spiro atoms. The van der Waals surface area contributed by atoms with Crippen molar-refractivity contribution in [2.45, 2.75) is 31.7 Å². The number of nitrogens with one attached hydrogen (secondary N) is 1. The predicted octanol–water partition coefficient (Wildman–Crippen LogP) is 3.85. The van der Waals surface area contributed by atoms with Crippen LogP contribution in [0.3, 0.4) is 0 Å². The van der Waals surface area contributed by atoms with Gasteiger partial charge in [-0.15, -0.1) is 0 Å². The van der Waals surface area contributed by atoms with Crippen LogP contribution in [0.4, 0.5) is 0 Å². The normalized spacial score (nSPS) is 14.0. The van der Waals surface area contributed by atoms with Crippen LogP contribution in [-0.2, 0) is 4.79 Å². The maximum Gasteiger partial charge on any atom is 0.258 e. The maximum atomic E-state index is 12.0. The van der Waals surface area contributed by atoms with Gasteiger partial charge in [0, 0.05) is 17.2 Å². The van der Waals surface area contributed by atoms with Gasteiger partial charge in [-0.05, 0) is 55.3 Å². The van der Waals surface area contributed by atoms with Crippen LogP contribution in [0.15, 0.2) is 53.1 Å². The van der Waals surface area contributed by atoms with Crippen molar-refractivity contribution >= 4 is 5.91 Å². The van der Waals surface area contributed by atoms with Gasteiger partial charge in [0.05, 0.1) is 7.11 Å². The minimum atomic E-state index is -0.0955. The molecule has 1 aliphatic carbocycles. The van der Waals surface area contributed by atoms with Crippen molar-refractivity contribution in [3.63, 3.8) is 0 Å². The molecule has 0 radical (unpaired) electrons. The number of carbonyl (C=O) groups is 1. The van der Waals surface area contributed by atoms with E-state index in [4.69, 9.17) is 14.0 Å². The van der Waals surface area contributed by atoms with Crippen molar-refractivity contribution in [3.8, 4) is 34.3 Å². The average Bonchev–Trinajstić information content (AvgIpc) is 3.45. The number of aromatic nitrogens is 2. The zero-order valence-corrected chi connectivity index (χ0v) is 16.3. The van der Waals surface area contributed by atoms with Crippen LogP contribution < -0.4 is 14.8 Å². The molecule has 0 bridgehead atoms. The monoisotopic (exact) mass is 393 g/mol. The summed E-state index contributed by atoms with van der Waals surface area (Å²) in [6.45, 7) is -0.0130. The molecule has 0 aliphatic heterocycles. The lowest BCUT2D eigenvalue weighted by atomic mass is 10.2. The standard InChI is InChI=1S/C22H23N3O4/c1-27-18-11-9-15(10-12-18)21-24-22(29-25-21)16-5-4-8-19(13-16)28-14-20(26)23-17-6-2-3-7-17/h4-5,8-13,17H,2-3,6-7,14H2,1H3,(H,23,26). The summed E-state index contributed by atoms with van der Waals surface area (Å²) in [4.78, 5) is 16.5. The van der Waals surface area contributed by atoms with Gasteiger partial charge in [0.25, 0.3) is 11.8 Å². The van der Waals surface area contributed by atoms with E-state index in [1.165, 1.54) is 12.8 Å². The topological polar surface area (TPSA) is 86.5 Å². The average molecular weight is 393 g/mol. The predicted molar refractivity (Wildman–Crippen MR) is 108 cm³/mol. The Morgan fingerprint density at radius 2 is 1.90 bits per heavy atom. The van der Waals surface area contributed by atoms with E-state index in [1.807, 2.05) is 36.4 Å². The highest BCUT2D eigenvalue weighted by Crippen LogP contribution is 2.26. The molecule has 1 saturated carbocycles. The van der Waals surface area contributed by atoms with E-state index in [2.05, 4.69) is 15.5 Å². The Bertz CT molecular complexity index is 962. The smallest absolute Gasteiger partial charge is 0.258 e. The summed E-state index contributed by atoms with van der Waals surface area (Å²) in [5, 5.41) is 7.06. The van der Waals surface area contributed by atoms with Gasteiger partial charge in [0.2, 0.25) is 5.82 Å². The summed E-state index contributed by atoms with van der Waals surface area (Å²) in [7, 11) is 1.62. The third-order valence-electron chi connectivity index (χ3n) is 4.95. The number of methoxy groups -OCH3 is 1. The van der Waals surface area contributed by atoms with Crippen LogP contribution >= 0.6 is 0 Å². The summed E-state index contributed by atoms with van der Waals surface area (Å²) >= 11 is 0. The lowest BCUT2D eigenvalue weighted by Crippen LogP contribution is -2.36. The van der Waals surface area contributed by atoms with E-state index in [9.17, 15) is 4.79 Å². The molecule has 0 atom stereocenters. The molecule has 0 saturated heterocycles. The molecule has 1 aliphatic rings. The van der Waals surface area contributed by atoms with Crippen molar-refractivity contribution < 1.29 is 18.8 Å². The van der Waals surface area contributed by atoms with Gasteiger partial charge in [0.15, 0.2) is 6.61 Å². The van der Waals surface area contributed by atoms with Gasteiger partial charge in [-0.3, -0.25) is 4.79 Å². The lowest BCUT2D eigenvalue weighted by molar-refractivity contribution is -0.123. The van der Waals surface area contributed by atoms with Gasteiger partial charge >= 0.3 is 0 Å². The summed E-state index contributed by atoms with van der Waals surface area (Å²) < 4.78 is 16.2. The number of benzene rings is 2. The second-order valence-electron chi connectivity index (χ2n) is 7.02. The quantitative estimate of drug-likeness (QED) is 0.656. The lowest BCUT2D eigenvalue weighted by Gasteiger charge is -2.12. The van der Waals surface area contributed by atoms with Crippen molar-refractivity contribution in [2.24, 2.45) is 0 Å². The van der Waals surface area contributed by atoms with E-state index >= 15 is 0 Å². The first kappa shape index (κ1) is 19.0. The largest absolute Gasteiger partial charge is 0.497 e. The molecule has 0 unspecified atom stereocenters. The highest BCUT2D eigenvalue weighted by atomic mass is 16.5. The summed E-state index contributed by atoms with van der Waals surface area (Å²) in [5.41, 5.74) is 1.56. The van der Waals surface area contributed by atoms with Gasteiger partial charge in [-0.2, -0.15) is 4.98 Å². The summed E-state index contributed by atoms with van der Waals surface area (Å²) in [6, 6.07) is 15.0. The molecule has 150 valence electrons. The van der Waals surface area contributed by atoms with Gasteiger partial charge < -0.3 is 19.3 Å². The molecule has 1 fully saturated rings. The third kappa shape index (κ3) is 4.74. The molecule has 1 aromatic heterocycles. The van der Waals surface area contributed by atoms with Crippen LogP contribution in [0.5, 0.6) is 11.5 Å². The molecular formula is C22H23N3O4. The number of nitrogens with zero attached hydrogens (tertiary/aromatic N) is 2. The fraction of sp³-hybridized carbons (Fsp3) is 0.318. The minimum absolute atomic E-state index is 0.0130. The number of hydrogen-bond donors (Lipinski definition) is 1. The molecular weight excluding hydrogens is 370 g/mol. The SMILES string of the molecule is COc1ccc(-c2noc(-c3cccc(OCC(=O)NC4CCCC4)c3)n2)cc1. The van der Waals surface area contributed by atoms with E-state index in [0.717, 1.165) is 29.7 Å². The molecule has 3 aromatic rings. The molecule has 1 N–H and O–H groups in total.